The number of nitro groups is 1. The van der Waals surface area contributed by atoms with Gasteiger partial charge in [0.2, 0.25) is 0 Å². The van der Waals surface area contributed by atoms with Crippen LogP contribution in [-0.2, 0) is 0 Å². The number of hydrogen-bond donors (Lipinski definition) is 1. The van der Waals surface area contributed by atoms with E-state index in [1.54, 1.807) is 18.3 Å². The van der Waals surface area contributed by atoms with Crippen molar-refractivity contribution in [3.63, 3.8) is 0 Å². The van der Waals surface area contributed by atoms with Crippen LogP contribution in [0.3, 0.4) is 0 Å². The Morgan fingerprint density at radius 2 is 1.86 bits per heavy atom. The number of nitrogens with zero attached hydrogens (tertiary/aromatic N) is 4. The lowest BCUT2D eigenvalue weighted by Gasteiger charge is -2.09. The first-order chi connectivity index (χ1) is 14.1. The number of aromatic nitrogens is 2. The van der Waals surface area contributed by atoms with Crippen LogP contribution in [0.25, 0.3) is 10.9 Å². The average molecular weight is 448 g/mol. The van der Waals surface area contributed by atoms with Crippen molar-refractivity contribution in [1.82, 2.24) is 9.97 Å². The van der Waals surface area contributed by atoms with Crippen LogP contribution in [0.2, 0.25) is 0 Å². The molecule has 0 spiro atoms. The van der Waals surface area contributed by atoms with Crippen molar-refractivity contribution in [1.29, 1.82) is 0 Å². The van der Waals surface area contributed by atoms with Crippen molar-refractivity contribution in [3.8, 4) is 0 Å². The predicted octanol–water partition coefficient (Wildman–Crippen LogP) is 5.79. The van der Waals surface area contributed by atoms with Gasteiger partial charge in [0.25, 0.3) is 5.69 Å². The van der Waals surface area contributed by atoms with Crippen molar-refractivity contribution < 1.29 is 4.92 Å². The van der Waals surface area contributed by atoms with E-state index in [9.17, 15) is 10.1 Å². The predicted molar refractivity (Wildman–Crippen MR) is 117 cm³/mol. The molecule has 0 fully saturated rings. The molecule has 0 unspecified atom stereocenters. The molecule has 4 aromatic rings. The second kappa shape index (κ2) is 8.15. The number of fused-ring (bicyclic) bond motifs is 1. The van der Waals surface area contributed by atoms with Crippen molar-refractivity contribution in [2.24, 2.45) is 4.99 Å². The topological polar surface area (TPSA) is 93.3 Å². The highest BCUT2D eigenvalue weighted by Gasteiger charge is 2.06. The van der Waals surface area contributed by atoms with Crippen LogP contribution in [-0.4, -0.2) is 21.1 Å². The number of nitro benzene ring substituents is 1. The van der Waals surface area contributed by atoms with Gasteiger partial charge in [0, 0.05) is 33.9 Å². The van der Waals surface area contributed by atoms with E-state index in [0.29, 0.717) is 5.82 Å². The fraction of sp³-hybridized carbons (Fsp3) is 0. The van der Waals surface area contributed by atoms with Crippen LogP contribution in [0.4, 0.5) is 22.9 Å². The number of rotatable bonds is 5. The fourth-order valence-corrected chi connectivity index (χ4v) is 3.16. The molecule has 1 aromatic heterocycles. The number of nitrogens with one attached hydrogen (secondary N) is 1. The van der Waals surface area contributed by atoms with Crippen LogP contribution >= 0.6 is 15.9 Å². The van der Waals surface area contributed by atoms with E-state index in [1.807, 2.05) is 42.5 Å². The molecule has 0 aliphatic heterocycles. The first kappa shape index (κ1) is 18.7. The first-order valence-corrected chi connectivity index (χ1v) is 9.44. The molecule has 0 radical (unpaired) electrons. The number of benzene rings is 3. The molecule has 29 heavy (non-hydrogen) atoms. The van der Waals surface area contributed by atoms with Gasteiger partial charge >= 0.3 is 0 Å². The largest absolute Gasteiger partial charge is 0.340 e. The Bertz CT molecular complexity index is 1230. The molecule has 0 aliphatic carbocycles. The third-order valence-corrected chi connectivity index (χ3v) is 4.67. The van der Waals surface area contributed by atoms with Crippen molar-refractivity contribution in [3.05, 3.63) is 93.2 Å². The van der Waals surface area contributed by atoms with Gasteiger partial charge in [0.1, 0.15) is 12.1 Å². The second-order valence-electron chi connectivity index (χ2n) is 6.17. The van der Waals surface area contributed by atoms with Gasteiger partial charge in [-0.1, -0.05) is 22.0 Å². The second-order valence-corrected chi connectivity index (χ2v) is 7.08. The summed E-state index contributed by atoms with van der Waals surface area (Å²) in [5.41, 5.74) is 3.25. The highest BCUT2D eigenvalue weighted by Crippen LogP contribution is 2.28. The molecular weight excluding hydrogens is 434 g/mol. The standard InChI is InChI=1S/C21H14BrN5O2/c22-15-2-1-3-17(10-15)26-21-19-11-16(6-9-20(19)24-13-25-21)23-12-14-4-7-18(8-5-14)27(28)29/h1-13H,(H,24,25,26). The maximum absolute atomic E-state index is 10.7. The zero-order valence-corrected chi connectivity index (χ0v) is 16.6. The van der Waals surface area contributed by atoms with E-state index >= 15 is 0 Å². The summed E-state index contributed by atoms with van der Waals surface area (Å²) in [4.78, 5) is 23.5. The molecule has 142 valence electrons. The Balaban J connectivity index is 1.63. The number of halogens is 1. The molecule has 4 rings (SSSR count). The number of non-ortho nitro benzene ring substituents is 1. The lowest BCUT2D eigenvalue weighted by atomic mass is 10.2. The molecule has 1 N–H and O–H groups in total. The fourth-order valence-electron chi connectivity index (χ4n) is 2.76. The molecule has 0 aliphatic rings. The quantitative estimate of drug-likeness (QED) is 0.237. The SMILES string of the molecule is O=[N+]([O-])c1ccc(C=Nc2ccc3ncnc(Nc4cccc(Br)c4)c3c2)cc1. The van der Waals surface area contributed by atoms with Gasteiger partial charge in [0.05, 0.1) is 16.1 Å². The van der Waals surface area contributed by atoms with E-state index < -0.39 is 4.92 Å². The maximum Gasteiger partial charge on any atom is 0.269 e. The molecule has 3 aromatic carbocycles. The van der Waals surface area contributed by atoms with E-state index in [4.69, 9.17) is 0 Å². The van der Waals surface area contributed by atoms with Crippen LogP contribution in [0, 0.1) is 10.1 Å². The van der Waals surface area contributed by atoms with E-state index in [0.717, 1.165) is 32.3 Å². The summed E-state index contributed by atoms with van der Waals surface area (Å²) in [5.74, 6) is 0.681. The lowest BCUT2D eigenvalue weighted by molar-refractivity contribution is -0.384. The zero-order chi connectivity index (χ0) is 20.2. The van der Waals surface area contributed by atoms with Crippen LogP contribution < -0.4 is 5.32 Å². The molecule has 7 nitrogen and oxygen atoms in total. The Morgan fingerprint density at radius 3 is 2.62 bits per heavy atom. The lowest BCUT2D eigenvalue weighted by Crippen LogP contribution is -1.95. The highest BCUT2D eigenvalue weighted by molar-refractivity contribution is 9.10. The maximum atomic E-state index is 10.7. The molecule has 0 saturated heterocycles. The molecule has 8 heteroatoms. The van der Waals surface area contributed by atoms with Crippen molar-refractivity contribution >= 4 is 55.9 Å². The number of aliphatic imine (C=N–C) groups is 1. The van der Waals surface area contributed by atoms with Gasteiger partial charge in [-0.2, -0.15) is 0 Å². The van der Waals surface area contributed by atoms with Gasteiger partial charge in [-0.05, 0) is 54.1 Å². The summed E-state index contributed by atoms with van der Waals surface area (Å²) in [6.07, 6.45) is 3.18. The summed E-state index contributed by atoms with van der Waals surface area (Å²) in [6.45, 7) is 0. The Kier molecular flexibility index (Phi) is 5.26. The number of anilines is 2. The van der Waals surface area contributed by atoms with Crippen molar-refractivity contribution in [2.75, 3.05) is 5.32 Å². The van der Waals surface area contributed by atoms with E-state index in [1.165, 1.54) is 18.5 Å². The molecule has 0 saturated carbocycles. The van der Waals surface area contributed by atoms with E-state index in [2.05, 4.69) is 36.2 Å². The number of hydrogen-bond acceptors (Lipinski definition) is 6. The van der Waals surface area contributed by atoms with Gasteiger partial charge < -0.3 is 5.32 Å². The average Bonchev–Trinajstić information content (AvgIpc) is 2.73. The third-order valence-electron chi connectivity index (χ3n) is 4.17. The summed E-state index contributed by atoms with van der Waals surface area (Å²) < 4.78 is 0.967. The summed E-state index contributed by atoms with van der Waals surface area (Å²) >= 11 is 3.46. The van der Waals surface area contributed by atoms with E-state index in [-0.39, 0.29) is 5.69 Å². The van der Waals surface area contributed by atoms with Crippen molar-refractivity contribution in [2.45, 2.75) is 0 Å². The van der Waals surface area contributed by atoms with Gasteiger partial charge in [-0.3, -0.25) is 15.1 Å². The van der Waals surface area contributed by atoms with Gasteiger partial charge in [0.15, 0.2) is 0 Å². The minimum Gasteiger partial charge on any atom is -0.340 e. The van der Waals surface area contributed by atoms with Crippen LogP contribution in [0.15, 0.2) is 82.5 Å². The minimum absolute atomic E-state index is 0.0493. The molecule has 0 amide bonds. The molecule has 0 bridgehead atoms. The first-order valence-electron chi connectivity index (χ1n) is 8.64. The minimum atomic E-state index is -0.427. The summed E-state index contributed by atoms with van der Waals surface area (Å²) in [6, 6.07) is 19.7. The van der Waals surface area contributed by atoms with Crippen LogP contribution in [0.5, 0.6) is 0 Å². The van der Waals surface area contributed by atoms with Gasteiger partial charge in [-0.25, -0.2) is 9.97 Å². The summed E-state index contributed by atoms with van der Waals surface area (Å²) in [5, 5.41) is 14.9. The summed E-state index contributed by atoms with van der Waals surface area (Å²) in [7, 11) is 0. The Morgan fingerprint density at radius 1 is 1.03 bits per heavy atom. The molecule has 0 atom stereocenters. The Labute approximate surface area is 174 Å². The normalized spacial score (nSPS) is 11.1. The molecular formula is C21H14BrN5O2. The Hall–Kier alpha value is -3.65. The zero-order valence-electron chi connectivity index (χ0n) is 15.0. The van der Waals surface area contributed by atoms with Crippen LogP contribution in [0.1, 0.15) is 5.56 Å². The highest BCUT2D eigenvalue weighted by atomic mass is 79.9. The molecule has 1 heterocycles. The third kappa shape index (κ3) is 4.44. The smallest absolute Gasteiger partial charge is 0.269 e. The monoisotopic (exact) mass is 447 g/mol. The van der Waals surface area contributed by atoms with Gasteiger partial charge in [-0.15, -0.1) is 0 Å².